The maximum absolute atomic E-state index is 14.9. The van der Waals surface area contributed by atoms with Crippen molar-refractivity contribution in [3.05, 3.63) is 47.3 Å². The molecule has 2 fully saturated rings. The number of carbonyl (C=O) groups is 2. The van der Waals surface area contributed by atoms with Gasteiger partial charge in [0.25, 0.3) is 0 Å². The smallest absolute Gasteiger partial charge is 0.410 e. The molecular weight excluding hydrogens is 591 g/mol. The molecule has 3 aliphatic heterocycles. The number of amides is 1. The number of ether oxygens (including phenoxy) is 2. The highest BCUT2D eigenvalue weighted by molar-refractivity contribution is 5.71. The molecular formula is C35H53FN4O6. The van der Waals surface area contributed by atoms with Gasteiger partial charge in [-0.05, 0) is 74.6 Å². The van der Waals surface area contributed by atoms with Crippen molar-refractivity contribution in [1.82, 2.24) is 14.7 Å². The van der Waals surface area contributed by atoms with Crippen LogP contribution in [-0.4, -0.2) is 128 Å². The van der Waals surface area contributed by atoms with Gasteiger partial charge in [0, 0.05) is 77.1 Å². The van der Waals surface area contributed by atoms with Crippen LogP contribution in [0.4, 0.5) is 14.9 Å². The molecule has 1 aromatic rings. The first-order valence-electron chi connectivity index (χ1n) is 16.8. The van der Waals surface area contributed by atoms with Gasteiger partial charge in [0.05, 0.1) is 12.5 Å². The largest absolute Gasteiger partial charge is 0.457 e. The molecule has 3 heterocycles. The van der Waals surface area contributed by atoms with E-state index >= 15 is 0 Å². The Hall–Kier alpha value is -2.99. The Bertz CT molecular complexity index is 1210. The molecule has 2 saturated heterocycles. The summed E-state index contributed by atoms with van der Waals surface area (Å²) in [6.07, 6.45) is 4.84. The predicted octanol–water partition coefficient (Wildman–Crippen LogP) is 3.77. The number of rotatable bonds is 7. The van der Waals surface area contributed by atoms with E-state index in [2.05, 4.69) is 14.7 Å². The van der Waals surface area contributed by atoms with Gasteiger partial charge in [0.15, 0.2) is 0 Å². The molecule has 1 amide bonds. The molecule has 0 radical (unpaired) electrons. The highest BCUT2D eigenvalue weighted by Crippen LogP contribution is 2.27. The second-order valence-corrected chi connectivity index (χ2v) is 13.2. The summed E-state index contributed by atoms with van der Waals surface area (Å²) in [5.41, 5.74) is 2.20. The number of carbonyl (C=O) groups excluding carboxylic acids is 2. The summed E-state index contributed by atoms with van der Waals surface area (Å²) in [6.45, 7) is 12.8. The lowest BCUT2D eigenvalue weighted by molar-refractivity contribution is -0.151. The van der Waals surface area contributed by atoms with E-state index in [0.29, 0.717) is 31.5 Å². The van der Waals surface area contributed by atoms with Gasteiger partial charge >= 0.3 is 12.1 Å². The first-order chi connectivity index (χ1) is 22.0. The zero-order valence-corrected chi connectivity index (χ0v) is 27.9. The number of hydrogen-bond acceptors (Lipinski definition) is 9. The normalized spacial score (nSPS) is 28.6. The van der Waals surface area contributed by atoms with Gasteiger partial charge in [0.1, 0.15) is 18.0 Å². The fraction of sp³-hybridized carbons (Fsp3) is 0.657. The van der Waals surface area contributed by atoms with E-state index in [1.807, 2.05) is 52.1 Å². The van der Waals surface area contributed by atoms with Gasteiger partial charge in [-0.25, -0.2) is 9.18 Å². The minimum absolute atomic E-state index is 0.0673. The van der Waals surface area contributed by atoms with Crippen molar-refractivity contribution in [1.29, 1.82) is 0 Å². The van der Waals surface area contributed by atoms with Crippen molar-refractivity contribution in [2.24, 2.45) is 11.8 Å². The summed E-state index contributed by atoms with van der Waals surface area (Å²) in [7, 11) is 2.03. The molecule has 11 heteroatoms. The van der Waals surface area contributed by atoms with E-state index < -0.39 is 24.3 Å². The quantitative estimate of drug-likeness (QED) is 0.339. The number of halogens is 1. The molecule has 0 aromatic heterocycles. The summed E-state index contributed by atoms with van der Waals surface area (Å²) in [4.78, 5) is 34.4. The SMILES string of the molecule is C/C(=C\c1cc(F)cc(N2CCN(CCCO)CC2)c1)[C@H]1OC(=O)C[C@H](O)CC[C@H](C)C(OC(=O)N2CCN(C)CC2)/C=C/[C@@H]1C. The molecule has 0 spiro atoms. The molecule has 0 aliphatic carbocycles. The number of benzene rings is 1. The second-order valence-electron chi connectivity index (χ2n) is 13.2. The van der Waals surface area contributed by atoms with Gasteiger partial charge in [-0.1, -0.05) is 26.0 Å². The number of esters is 1. The molecule has 0 bridgehead atoms. The molecule has 256 valence electrons. The number of aliphatic hydroxyl groups is 2. The highest BCUT2D eigenvalue weighted by atomic mass is 19.1. The first-order valence-corrected chi connectivity index (χ1v) is 16.8. The topological polar surface area (TPSA) is 106 Å². The monoisotopic (exact) mass is 644 g/mol. The van der Waals surface area contributed by atoms with Crippen molar-refractivity contribution in [3.63, 3.8) is 0 Å². The van der Waals surface area contributed by atoms with E-state index in [4.69, 9.17) is 14.6 Å². The lowest BCUT2D eigenvalue weighted by Crippen LogP contribution is -2.48. The fourth-order valence-electron chi connectivity index (χ4n) is 6.36. The van der Waals surface area contributed by atoms with Crippen LogP contribution in [0.2, 0.25) is 0 Å². The van der Waals surface area contributed by atoms with E-state index in [1.165, 1.54) is 6.07 Å². The molecule has 1 aromatic carbocycles. The molecule has 46 heavy (non-hydrogen) atoms. The van der Waals surface area contributed by atoms with Crippen LogP contribution in [0.1, 0.15) is 52.0 Å². The lowest BCUT2D eigenvalue weighted by atomic mass is 9.91. The molecule has 3 aliphatic rings. The molecule has 4 rings (SSSR count). The van der Waals surface area contributed by atoms with Crippen molar-refractivity contribution < 1.29 is 33.7 Å². The van der Waals surface area contributed by atoms with Crippen LogP contribution in [0.25, 0.3) is 6.08 Å². The Balaban J connectivity index is 1.52. The molecule has 0 saturated carbocycles. The average Bonchev–Trinajstić information content (AvgIpc) is 3.03. The highest BCUT2D eigenvalue weighted by Gasteiger charge is 2.29. The maximum Gasteiger partial charge on any atom is 0.410 e. The third-order valence-electron chi connectivity index (χ3n) is 9.37. The first kappa shape index (κ1) is 35.9. The van der Waals surface area contributed by atoms with Crippen LogP contribution in [0.3, 0.4) is 0 Å². The summed E-state index contributed by atoms with van der Waals surface area (Å²) in [6, 6.07) is 4.97. The molecule has 2 N–H and O–H groups in total. The van der Waals surface area contributed by atoms with Crippen molar-refractivity contribution in [2.75, 3.05) is 77.5 Å². The van der Waals surface area contributed by atoms with Gasteiger partial charge in [0.2, 0.25) is 0 Å². The Kier molecular flexibility index (Phi) is 13.4. The predicted molar refractivity (Wildman–Crippen MR) is 177 cm³/mol. The van der Waals surface area contributed by atoms with Crippen molar-refractivity contribution in [2.45, 2.75) is 64.8 Å². The average molecular weight is 645 g/mol. The van der Waals surface area contributed by atoms with Crippen LogP contribution in [-0.2, 0) is 14.3 Å². The number of aliphatic hydroxyl groups excluding tert-OH is 2. The zero-order chi connectivity index (χ0) is 33.2. The number of likely N-dealkylation sites (N-methyl/N-ethyl adjacent to an activating group) is 1. The number of piperazine rings is 2. The van der Waals surface area contributed by atoms with Gasteiger partial charge < -0.3 is 34.4 Å². The molecule has 1 unspecified atom stereocenters. The minimum Gasteiger partial charge on any atom is -0.457 e. The molecule has 5 atom stereocenters. The lowest BCUT2D eigenvalue weighted by Gasteiger charge is -2.36. The Morgan fingerprint density at radius 1 is 1.04 bits per heavy atom. The van der Waals surface area contributed by atoms with Crippen LogP contribution < -0.4 is 4.90 Å². The van der Waals surface area contributed by atoms with E-state index in [0.717, 1.165) is 63.5 Å². The number of anilines is 1. The molecule has 10 nitrogen and oxygen atoms in total. The number of nitrogens with zero attached hydrogens (tertiary/aromatic N) is 4. The van der Waals surface area contributed by atoms with Crippen LogP contribution in [0.15, 0.2) is 35.9 Å². The Labute approximate surface area is 273 Å². The van der Waals surface area contributed by atoms with Crippen LogP contribution >= 0.6 is 0 Å². The fourth-order valence-corrected chi connectivity index (χ4v) is 6.36. The summed E-state index contributed by atoms with van der Waals surface area (Å²) in [5.74, 6) is -1.18. The minimum atomic E-state index is -0.873. The number of cyclic esters (lactones) is 1. The summed E-state index contributed by atoms with van der Waals surface area (Å²) < 4.78 is 26.8. The van der Waals surface area contributed by atoms with Gasteiger partial charge in [-0.15, -0.1) is 0 Å². The summed E-state index contributed by atoms with van der Waals surface area (Å²) >= 11 is 0. The second kappa shape index (κ2) is 17.2. The van der Waals surface area contributed by atoms with Crippen molar-refractivity contribution in [3.8, 4) is 0 Å². The van der Waals surface area contributed by atoms with Gasteiger partial charge in [-0.2, -0.15) is 0 Å². The Morgan fingerprint density at radius 3 is 2.46 bits per heavy atom. The number of hydrogen-bond donors (Lipinski definition) is 2. The van der Waals surface area contributed by atoms with E-state index in [1.54, 1.807) is 11.0 Å². The van der Waals surface area contributed by atoms with Crippen LogP contribution in [0, 0.1) is 17.7 Å². The van der Waals surface area contributed by atoms with Gasteiger partial charge in [-0.3, -0.25) is 9.69 Å². The zero-order valence-electron chi connectivity index (χ0n) is 27.9. The third kappa shape index (κ3) is 10.5. The Morgan fingerprint density at radius 2 is 1.76 bits per heavy atom. The van der Waals surface area contributed by atoms with E-state index in [9.17, 15) is 19.1 Å². The standard InChI is InChI=1S/C35H53FN4O6/c1-25-6-8-31(42)24-33(43)46-34(26(2)7-9-32(25)45-35(44)40-15-11-37(4)12-16-40)27(3)20-28-21-29(36)23-30(22-28)39-17-13-38(14-18-39)10-5-19-41/h7,9,20-23,25-26,31-32,34,41-42H,5-6,8,10-19,24H2,1-4H3/b9-7+,27-20+/t25-,26-,31+,32?,34-/m0/s1. The maximum atomic E-state index is 14.9. The van der Waals surface area contributed by atoms with E-state index in [-0.39, 0.29) is 36.8 Å². The third-order valence-corrected chi connectivity index (χ3v) is 9.37. The summed E-state index contributed by atoms with van der Waals surface area (Å²) in [5, 5.41) is 19.8. The van der Waals surface area contributed by atoms with Crippen molar-refractivity contribution >= 4 is 23.8 Å². The van der Waals surface area contributed by atoms with Crippen LogP contribution in [0.5, 0.6) is 0 Å².